The fourth-order valence-corrected chi connectivity index (χ4v) is 2.18. The number of rotatable bonds is 7. The summed E-state index contributed by atoms with van der Waals surface area (Å²) in [6.07, 6.45) is -1.02. The Morgan fingerprint density at radius 1 is 0.926 bits per heavy atom. The van der Waals surface area contributed by atoms with Gasteiger partial charge in [0.15, 0.2) is 6.10 Å². The summed E-state index contributed by atoms with van der Waals surface area (Å²) >= 11 is 0. The van der Waals surface area contributed by atoms with E-state index >= 15 is 0 Å². The summed E-state index contributed by atoms with van der Waals surface area (Å²) in [5.74, 6) is -0.905. The van der Waals surface area contributed by atoms with Crippen LogP contribution in [0.2, 0.25) is 0 Å². The SMILES string of the molecule is COc1ccc(NC(=O)[C@H](C)OC(=O)[C@H](C)NC(=O)c2ccccc2)cc1. The molecule has 0 aliphatic carbocycles. The summed E-state index contributed by atoms with van der Waals surface area (Å²) in [5, 5.41) is 5.19. The van der Waals surface area contributed by atoms with Gasteiger partial charge in [0.05, 0.1) is 7.11 Å². The molecule has 0 saturated carbocycles. The number of benzene rings is 2. The van der Waals surface area contributed by atoms with Crippen molar-refractivity contribution < 1.29 is 23.9 Å². The molecular weight excluding hydrogens is 348 g/mol. The minimum absolute atomic E-state index is 0.393. The van der Waals surface area contributed by atoms with Gasteiger partial charge in [0, 0.05) is 11.3 Å². The lowest BCUT2D eigenvalue weighted by molar-refractivity contribution is -0.154. The first-order chi connectivity index (χ1) is 12.9. The summed E-state index contributed by atoms with van der Waals surface area (Å²) in [5.41, 5.74) is 0.983. The first kappa shape index (κ1) is 20.0. The molecule has 7 nitrogen and oxygen atoms in total. The maximum absolute atomic E-state index is 12.2. The van der Waals surface area contributed by atoms with E-state index in [9.17, 15) is 14.4 Å². The first-order valence-electron chi connectivity index (χ1n) is 8.42. The summed E-state index contributed by atoms with van der Waals surface area (Å²) in [7, 11) is 1.55. The monoisotopic (exact) mass is 370 g/mol. The molecule has 0 aliphatic rings. The van der Waals surface area contributed by atoms with Gasteiger partial charge in [-0.1, -0.05) is 18.2 Å². The number of hydrogen-bond donors (Lipinski definition) is 2. The molecule has 0 saturated heterocycles. The van der Waals surface area contributed by atoms with Crippen LogP contribution in [0.1, 0.15) is 24.2 Å². The highest BCUT2D eigenvalue weighted by molar-refractivity contribution is 5.98. The van der Waals surface area contributed by atoms with Gasteiger partial charge in [-0.05, 0) is 50.2 Å². The fourth-order valence-electron chi connectivity index (χ4n) is 2.18. The van der Waals surface area contributed by atoms with Gasteiger partial charge >= 0.3 is 5.97 Å². The molecule has 0 unspecified atom stereocenters. The molecule has 2 rings (SSSR count). The number of carbonyl (C=O) groups is 3. The Hall–Kier alpha value is -3.35. The number of nitrogens with one attached hydrogen (secondary N) is 2. The van der Waals surface area contributed by atoms with Gasteiger partial charge in [-0.25, -0.2) is 4.79 Å². The Kier molecular flexibility index (Phi) is 6.93. The second-order valence-electron chi connectivity index (χ2n) is 5.86. The number of anilines is 1. The number of carbonyl (C=O) groups excluding carboxylic acids is 3. The second-order valence-corrected chi connectivity index (χ2v) is 5.86. The summed E-state index contributed by atoms with van der Waals surface area (Å²) in [4.78, 5) is 36.4. The van der Waals surface area contributed by atoms with Crippen LogP contribution < -0.4 is 15.4 Å². The van der Waals surface area contributed by atoms with Gasteiger partial charge in [0.25, 0.3) is 11.8 Å². The van der Waals surface area contributed by atoms with Crippen LogP contribution in [0, 0.1) is 0 Å². The van der Waals surface area contributed by atoms with E-state index in [1.165, 1.54) is 13.8 Å². The molecule has 0 radical (unpaired) electrons. The predicted octanol–water partition coefficient (Wildman–Crippen LogP) is 2.38. The Labute approximate surface area is 157 Å². The minimum Gasteiger partial charge on any atom is -0.497 e. The fraction of sp³-hybridized carbons (Fsp3) is 0.250. The molecule has 2 amide bonds. The lowest BCUT2D eigenvalue weighted by atomic mass is 10.2. The van der Waals surface area contributed by atoms with Crippen LogP contribution in [0.15, 0.2) is 54.6 Å². The Bertz CT molecular complexity index is 790. The summed E-state index contributed by atoms with van der Waals surface area (Å²) < 4.78 is 10.2. The zero-order chi connectivity index (χ0) is 19.8. The van der Waals surface area contributed by atoms with Gasteiger partial charge < -0.3 is 20.1 Å². The van der Waals surface area contributed by atoms with Crippen molar-refractivity contribution in [2.24, 2.45) is 0 Å². The number of amides is 2. The highest BCUT2D eigenvalue weighted by Gasteiger charge is 2.23. The van der Waals surface area contributed by atoms with Crippen LogP contribution in [0.3, 0.4) is 0 Å². The van der Waals surface area contributed by atoms with E-state index in [4.69, 9.17) is 9.47 Å². The van der Waals surface area contributed by atoms with Crippen LogP contribution in [-0.4, -0.2) is 37.0 Å². The molecule has 2 aromatic rings. The number of ether oxygens (including phenoxy) is 2. The summed E-state index contributed by atoms with van der Waals surface area (Å²) in [6.45, 7) is 2.96. The van der Waals surface area contributed by atoms with Crippen LogP contribution in [-0.2, 0) is 14.3 Å². The topological polar surface area (TPSA) is 93.7 Å². The number of hydrogen-bond acceptors (Lipinski definition) is 5. The molecule has 0 spiro atoms. The molecule has 2 atom stereocenters. The molecule has 0 fully saturated rings. The van der Waals surface area contributed by atoms with E-state index in [2.05, 4.69) is 10.6 Å². The molecule has 2 N–H and O–H groups in total. The third-order valence-corrected chi connectivity index (χ3v) is 3.76. The zero-order valence-electron chi connectivity index (χ0n) is 15.4. The molecule has 2 aromatic carbocycles. The van der Waals surface area contributed by atoms with E-state index in [-0.39, 0.29) is 0 Å². The minimum atomic E-state index is -1.02. The predicted molar refractivity (Wildman–Crippen MR) is 101 cm³/mol. The second kappa shape index (κ2) is 9.38. The number of esters is 1. The van der Waals surface area contributed by atoms with Crippen molar-refractivity contribution in [3.05, 3.63) is 60.2 Å². The van der Waals surface area contributed by atoms with Gasteiger partial charge in [-0.3, -0.25) is 9.59 Å². The van der Waals surface area contributed by atoms with Crippen LogP contribution >= 0.6 is 0 Å². The van der Waals surface area contributed by atoms with Gasteiger partial charge in [0.1, 0.15) is 11.8 Å². The van der Waals surface area contributed by atoms with Crippen LogP contribution in [0.5, 0.6) is 5.75 Å². The highest BCUT2D eigenvalue weighted by Crippen LogP contribution is 2.15. The quantitative estimate of drug-likeness (QED) is 0.730. The van der Waals surface area contributed by atoms with E-state index in [1.54, 1.807) is 61.7 Å². The maximum atomic E-state index is 12.2. The van der Waals surface area contributed by atoms with E-state index in [0.717, 1.165) is 0 Å². The van der Waals surface area contributed by atoms with Gasteiger partial charge in [-0.15, -0.1) is 0 Å². The van der Waals surface area contributed by atoms with E-state index in [0.29, 0.717) is 17.0 Å². The third-order valence-electron chi connectivity index (χ3n) is 3.76. The van der Waals surface area contributed by atoms with Crippen molar-refractivity contribution in [2.45, 2.75) is 26.0 Å². The van der Waals surface area contributed by atoms with Crippen LogP contribution in [0.4, 0.5) is 5.69 Å². The molecule has 0 bridgehead atoms. The molecule has 27 heavy (non-hydrogen) atoms. The first-order valence-corrected chi connectivity index (χ1v) is 8.42. The van der Waals surface area contributed by atoms with E-state index < -0.39 is 29.9 Å². The maximum Gasteiger partial charge on any atom is 0.329 e. The Morgan fingerprint density at radius 2 is 1.56 bits per heavy atom. The van der Waals surface area contributed by atoms with Crippen molar-refractivity contribution in [3.63, 3.8) is 0 Å². The van der Waals surface area contributed by atoms with E-state index in [1.807, 2.05) is 0 Å². The van der Waals surface area contributed by atoms with Gasteiger partial charge in [-0.2, -0.15) is 0 Å². The van der Waals surface area contributed by atoms with Crippen molar-refractivity contribution in [3.8, 4) is 5.75 Å². The molecular formula is C20H22N2O5. The van der Waals surface area contributed by atoms with Crippen molar-refractivity contribution in [1.82, 2.24) is 5.32 Å². The van der Waals surface area contributed by atoms with Gasteiger partial charge in [0.2, 0.25) is 0 Å². The smallest absolute Gasteiger partial charge is 0.329 e. The average Bonchev–Trinajstić information content (AvgIpc) is 2.68. The normalized spacial score (nSPS) is 12.4. The van der Waals surface area contributed by atoms with Crippen molar-refractivity contribution in [2.75, 3.05) is 12.4 Å². The van der Waals surface area contributed by atoms with Crippen LogP contribution in [0.25, 0.3) is 0 Å². The molecule has 7 heteroatoms. The molecule has 142 valence electrons. The number of methoxy groups -OCH3 is 1. The molecule has 0 aliphatic heterocycles. The average molecular weight is 370 g/mol. The summed E-state index contributed by atoms with van der Waals surface area (Å²) in [6, 6.07) is 14.4. The molecule has 0 heterocycles. The Balaban J connectivity index is 1.85. The largest absolute Gasteiger partial charge is 0.497 e. The standard InChI is InChI=1S/C20H22N2O5/c1-13(21-19(24)15-7-5-4-6-8-15)20(25)27-14(2)18(23)22-16-9-11-17(26-3)12-10-16/h4-14H,1-3H3,(H,21,24)(H,22,23)/t13-,14-/m0/s1. The van der Waals surface area contributed by atoms with Crippen molar-refractivity contribution in [1.29, 1.82) is 0 Å². The highest BCUT2D eigenvalue weighted by atomic mass is 16.5. The lowest BCUT2D eigenvalue weighted by Crippen LogP contribution is -2.42. The zero-order valence-corrected chi connectivity index (χ0v) is 15.4. The lowest BCUT2D eigenvalue weighted by Gasteiger charge is -2.17. The Morgan fingerprint density at radius 3 is 2.15 bits per heavy atom. The molecule has 0 aromatic heterocycles. The van der Waals surface area contributed by atoms with Crippen molar-refractivity contribution >= 4 is 23.5 Å². The third kappa shape index (κ3) is 5.85.